The van der Waals surface area contributed by atoms with E-state index in [1.54, 1.807) is 0 Å². The van der Waals surface area contributed by atoms with E-state index in [9.17, 15) is 10.2 Å². The van der Waals surface area contributed by atoms with Crippen molar-refractivity contribution in [1.82, 2.24) is 9.80 Å². The molecule has 0 saturated carbocycles. The third kappa shape index (κ3) is 6.53. The summed E-state index contributed by atoms with van der Waals surface area (Å²) in [6, 6.07) is 19.3. The van der Waals surface area contributed by atoms with Gasteiger partial charge in [0.2, 0.25) is 0 Å². The van der Waals surface area contributed by atoms with Crippen LogP contribution in [-0.4, -0.2) is 58.4 Å². The fourth-order valence-electron chi connectivity index (χ4n) is 3.13. The van der Waals surface area contributed by atoms with Crippen LogP contribution in [0.15, 0.2) is 60.7 Å². The molecule has 2 atom stereocenters. The number of aliphatic hydroxyl groups excluding tert-OH is 2. The van der Waals surface area contributed by atoms with Gasteiger partial charge in [0.05, 0.1) is 25.3 Å². The highest BCUT2D eigenvalue weighted by atomic mass is 16.3. The van der Waals surface area contributed by atoms with Gasteiger partial charge in [-0.3, -0.25) is 9.80 Å². The second-order valence-electron chi connectivity index (χ2n) is 6.64. The van der Waals surface area contributed by atoms with E-state index >= 15 is 0 Å². The summed E-state index contributed by atoms with van der Waals surface area (Å²) < 4.78 is 0. The Kier molecular flexibility index (Phi) is 9.28. The van der Waals surface area contributed by atoms with Gasteiger partial charge in [-0.2, -0.15) is 0 Å². The maximum absolute atomic E-state index is 9.71. The molecule has 4 heteroatoms. The summed E-state index contributed by atoms with van der Waals surface area (Å²) in [5.74, 6) is 5.34. The molecule has 0 radical (unpaired) electrons. The van der Waals surface area contributed by atoms with E-state index in [0.717, 1.165) is 11.1 Å². The number of rotatable bonds is 11. The number of hydrogen-bond donors (Lipinski definition) is 2. The van der Waals surface area contributed by atoms with Crippen LogP contribution >= 0.6 is 0 Å². The van der Waals surface area contributed by atoms with E-state index in [4.69, 9.17) is 12.8 Å². The number of hydrogen-bond acceptors (Lipinski definition) is 4. The zero-order chi connectivity index (χ0) is 20.2. The maximum atomic E-state index is 9.71. The monoisotopic (exact) mass is 376 g/mol. The Bertz CT molecular complexity index is 697. The molecular formula is C24H28N2O2. The number of aliphatic hydroxyl groups is 2. The largest absolute Gasteiger partial charge is 0.394 e. The standard InChI is InChI=1S/C24H28N2O2/c1-3-23(19-27)25(17-21-11-7-5-8-12-21)15-16-26(24(4-2)20-28)18-22-13-9-6-10-14-22/h1-2,5-14,23-24,27-28H,15-20H2/t23-,24+. The van der Waals surface area contributed by atoms with E-state index in [1.807, 2.05) is 60.7 Å². The van der Waals surface area contributed by atoms with Gasteiger partial charge in [-0.1, -0.05) is 72.5 Å². The summed E-state index contributed by atoms with van der Waals surface area (Å²) in [7, 11) is 0. The first-order valence-electron chi connectivity index (χ1n) is 9.41. The van der Waals surface area contributed by atoms with E-state index in [-0.39, 0.29) is 25.3 Å². The van der Waals surface area contributed by atoms with Crippen molar-refractivity contribution in [2.24, 2.45) is 0 Å². The third-order valence-corrected chi connectivity index (χ3v) is 4.74. The SMILES string of the molecule is C#C[C@H](CO)N(CCN(Cc1ccccc1)[C@@H](C#C)CO)Cc1ccccc1. The summed E-state index contributed by atoms with van der Waals surface area (Å²) in [5.41, 5.74) is 2.25. The topological polar surface area (TPSA) is 46.9 Å². The molecule has 28 heavy (non-hydrogen) atoms. The molecule has 2 N–H and O–H groups in total. The van der Waals surface area contributed by atoms with E-state index in [1.165, 1.54) is 0 Å². The van der Waals surface area contributed by atoms with Crippen LogP contribution in [0, 0.1) is 24.7 Å². The van der Waals surface area contributed by atoms with Crippen molar-refractivity contribution in [2.45, 2.75) is 25.2 Å². The van der Waals surface area contributed by atoms with Crippen molar-refractivity contribution >= 4 is 0 Å². The number of terminal acetylenes is 2. The zero-order valence-corrected chi connectivity index (χ0v) is 16.1. The molecule has 0 amide bonds. The minimum atomic E-state index is -0.378. The predicted molar refractivity (Wildman–Crippen MR) is 113 cm³/mol. The molecule has 0 aliphatic rings. The molecule has 0 unspecified atom stereocenters. The maximum Gasteiger partial charge on any atom is 0.0949 e. The van der Waals surface area contributed by atoms with Gasteiger partial charge < -0.3 is 10.2 Å². The second kappa shape index (κ2) is 12.0. The van der Waals surface area contributed by atoms with Crippen LogP contribution in [0.1, 0.15) is 11.1 Å². The first kappa shape index (κ1) is 21.7. The van der Waals surface area contributed by atoms with Gasteiger partial charge in [0.15, 0.2) is 0 Å². The summed E-state index contributed by atoms with van der Waals surface area (Å²) >= 11 is 0. The molecule has 0 saturated heterocycles. The average Bonchev–Trinajstić information content (AvgIpc) is 2.74. The Balaban J connectivity index is 2.13. The third-order valence-electron chi connectivity index (χ3n) is 4.74. The Morgan fingerprint density at radius 1 is 0.679 bits per heavy atom. The smallest absolute Gasteiger partial charge is 0.0949 e. The molecule has 146 valence electrons. The van der Waals surface area contributed by atoms with Crippen molar-refractivity contribution in [3.05, 3.63) is 71.8 Å². The van der Waals surface area contributed by atoms with Crippen LogP contribution in [0.3, 0.4) is 0 Å². The van der Waals surface area contributed by atoms with Crippen LogP contribution in [-0.2, 0) is 13.1 Å². The van der Waals surface area contributed by atoms with Crippen LogP contribution < -0.4 is 0 Å². The quantitative estimate of drug-likeness (QED) is 0.589. The lowest BCUT2D eigenvalue weighted by Crippen LogP contribution is -2.45. The van der Waals surface area contributed by atoms with Gasteiger partial charge in [0.25, 0.3) is 0 Å². The Labute approximate surface area is 168 Å². The lowest BCUT2D eigenvalue weighted by Gasteiger charge is -2.32. The minimum absolute atomic E-state index is 0.111. The molecule has 2 aromatic rings. The predicted octanol–water partition coefficient (Wildman–Crippen LogP) is 1.98. The van der Waals surface area contributed by atoms with Gasteiger partial charge in [-0.05, 0) is 11.1 Å². The first-order chi connectivity index (χ1) is 13.7. The average molecular weight is 377 g/mol. The summed E-state index contributed by atoms with van der Waals surface area (Å²) in [5, 5.41) is 19.4. The van der Waals surface area contributed by atoms with Crippen LogP contribution in [0.25, 0.3) is 0 Å². The van der Waals surface area contributed by atoms with Crippen molar-refractivity contribution in [3.8, 4) is 24.7 Å². The number of nitrogens with zero attached hydrogens (tertiary/aromatic N) is 2. The van der Waals surface area contributed by atoms with Gasteiger partial charge in [0.1, 0.15) is 0 Å². The molecule has 0 spiro atoms. The molecule has 0 aliphatic carbocycles. The Hall–Kier alpha value is -2.60. The van der Waals surface area contributed by atoms with Crippen molar-refractivity contribution < 1.29 is 10.2 Å². The summed E-state index contributed by atoms with van der Waals surface area (Å²) in [4.78, 5) is 4.14. The van der Waals surface area contributed by atoms with Crippen LogP contribution in [0.5, 0.6) is 0 Å². The van der Waals surface area contributed by atoms with Gasteiger partial charge in [-0.15, -0.1) is 12.8 Å². The van der Waals surface area contributed by atoms with Gasteiger partial charge in [-0.25, -0.2) is 0 Å². The van der Waals surface area contributed by atoms with Gasteiger partial charge in [0, 0.05) is 26.2 Å². The van der Waals surface area contributed by atoms with Crippen LogP contribution in [0.4, 0.5) is 0 Å². The number of benzene rings is 2. The molecule has 0 heterocycles. The highest BCUT2D eigenvalue weighted by molar-refractivity contribution is 5.17. The van der Waals surface area contributed by atoms with E-state index in [0.29, 0.717) is 26.2 Å². The molecule has 2 rings (SSSR count). The van der Waals surface area contributed by atoms with E-state index in [2.05, 4.69) is 21.6 Å². The fraction of sp³-hybridized carbons (Fsp3) is 0.333. The molecule has 0 fully saturated rings. The molecular weight excluding hydrogens is 348 g/mol. The summed E-state index contributed by atoms with van der Waals surface area (Å²) in [6.45, 7) is 2.29. The Morgan fingerprint density at radius 3 is 1.32 bits per heavy atom. The highest BCUT2D eigenvalue weighted by Gasteiger charge is 2.20. The fourth-order valence-corrected chi connectivity index (χ4v) is 3.13. The minimum Gasteiger partial charge on any atom is -0.394 e. The molecule has 4 nitrogen and oxygen atoms in total. The second-order valence-corrected chi connectivity index (χ2v) is 6.64. The normalized spacial score (nSPS) is 13.1. The van der Waals surface area contributed by atoms with Crippen molar-refractivity contribution in [1.29, 1.82) is 0 Å². The lowest BCUT2D eigenvalue weighted by atomic mass is 10.1. The molecule has 0 aromatic heterocycles. The van der Waals surface area contributed by atoms with E-state index < -0.39 is 0 Å². The van der Waals surface area contributed by atoms with Crippen molar-refractivity contribution in [3.63, 3.8) is 0 Å². The zero-order valence-electron chi connectivity index (χ0n) is 16.1. The van der Waals surface area contributed by atoms with Crippen molar-refractivity contribution in [2.75, 3.05) is 26.3 Å². The molecule has 2 aromatic carbocycles. The van der Waals surface area contributed by atoms with Crippen LogP contribution in [0.2, 0.25) is 0 Å². The molecule has 0 bridgehead atoms. The Morgan fingerprint density at radius 2 is 1.04 bits per heavy atom. The lowest BCUT2D eigenvalue weighted by molar-refractivity contribution is 0.105. The first-order valence-corrected chi connectivity index (χ1v) is 9.41. The summed E-state index contributed by atoms with van der Waals surface area (Å²) in [6.07, 6.45) is 11.3. The molecule has 0 aliphatic heterocycles. The highest BCUT2D eigenvalue weighted by Crippen LogP contribution is 2.12. The van der Waals surface area contributed by atoms with Gasteiger partial charge >= 0.3 is 0 Å².